The van der Waals surface area contributed by atoms with Crippen molar-refractivity contribution in [2.75, 3.05) is 0 Å². The molecule has 1 aliphatic rings. The van der Waals surface area contributed by atoms with Gasteiger partial charge in [0, 0.05) is 31.6 Å². The topological polar surface area (TPSA) is 94.2 Å². The SMILES string of the molecule is Cn1c(=O)c2c(-c3ccc(O)cc3)c3c(nc2n(C)c1=O)CC(C)(C)CC3=O. The number of nitrogens with zero attached hydrogens (tertiary/aromatic N) is 3. The van der Waals surface area contributed by atoms with Gasteiger partial charge in [0.15, 0.2) is 5.78 Å². The Morgan fingerprint density at radius 1 is 0.964 bits per heavy atom. The number of benzene rings is 1. The van der Waals surface area contributed by atoms with Gasteiger partial charge in [0.2, 0.25) is 0 Å². The molecule has 144 valence electrons. The minimum atomic E-state index is -0.492. The van der Waals surface area contributed by atoms with Gasteiger partial charge in [-0.3, -0.25) is 18.7 Å². The van der Waals surface area contributed by atoms with Gasteiger partial charge >= 0.3 is 5.69 Å². The van der Waals surface area contributed by atoms with Crippen LogP contribution in [0, 0.1) is 5.41 Å². The van der Waals surface area contributed by atoms with Crippen LogP contribution in [0.1, 0.15) is 36.3 Å². The summed E-state index contributed by atoms with van der Waals surface area (Å²) in [5.74, 6) is 0.0170. The van der Waals surface area contributed by atoms with E-state index in [1.807, 2.05) is 13.8 Å². The van der Waals surface area contributed by atoms with E-state index >= 15 is 0 Å². The van der Waals surface area contributed by atoms with Gasteiger partial charge in [0.1, 0.15) is 11.4 Å². The van der Waals surface area contributed by atoms with Crippen LogP contribution in [0.25, 0.3) is 22.2 Å². The van der Waals surface area contributed by atoms with Gasteiger partial charge in [0.25, 0.3) is 5.56 Å². The van der Waals surface area contributed by atoms with Crippen LogP contribution >= 0.6 is 0 Å². The van der Waals surface area contributed by atoms with Crippen molar-refractivity contribution in [3.8, 4) is 16.9 Å². The highest BCUT2D eigenvalue weighted by atomic mass is 16.3. The number of rotatable bonds is 1. The van der Waals surface area contributed by atoms with E-state index in [4.69, 9.17) is 0 Å². The fraction of sp³-hybridized carbons (Fsp3) is 0.333. The Hall–Kier alpha value is -3.22. The van der Waals surface area contributed by atoms with Crippen LogP contribution in [-0.4, -0.2) is 25.0 Å². The molecule has 28 heavy (non-hydrogen) atoms. The van der Waals surface area contributed by atoms with E-state index in [1.165, 1.54) is 23.7 Å². The van der Waals surface area contributed by atoms with E-state index in [0.29, 0.717) is 35.2 Å². The molecule has 0 radical (unpaired) electrons. The summed E-state index contributed by atoms with van der Waals surface area (Å²) in [5.41, 5.74) is 1.20. The maximum atomic E-state index is 13.1. The second-order valence-electron chi connectivity index (χ2n) is 8.20. The minimum absolute atomic E-state index is 0.0698. The molecule has 3 aromatic rings. The molecular formula is C21H21N3O4. The monoisotopic (exact) mass is 379 g/mol. The number of carbonyl (C=O) groups excluding carboxylic acids is 1. The first-order chi connectivity index (χ1) is 13.1. The zero-order chi connectivity index (χ0) is 20.4. The van der Waals surface area contributed by atoms with Crippen LogP contribution in [0.4, 0.5) is 0 Å². The lowest BCUT2D eigenvalue weighted by Gasteiger charge is -2.31. The van der Waals surface area contributed by atoms with E-state index in [1.54, 1.807) is 19.2 Å². The number of aromatic hydroxyl groups is 1. The van der Waals surface area contributed by atoms with E-state index in [9.17, 15) is 19.5 Å². The quantitative estimate of drug-likeness (QED) is 0.699. The largest absolute Gasteiger partial charge is 0.508 e. The fourth-order valence-electron chi connectivity index (χ4n) is 4.02. The second-order valence-corrected chi connectivity index (χ2v) is 8.20. The molecule has 2 aromatic heterocycles. The number of pyridine rings is 1. The maximum Gasteiger partial charge on any atom is 0.332 e. The third-order valence-electron chi connectivity index (χ3n) is 5.38. The summed E-state index contributed by atoms with van der Waals surface area (Å²) in [6, 6.07) is 6.36. The zero-order valence-corrected chi connectivity index (χ0v) is 16.2. The number of aryl methyl sites for hydroxylation is 1. The Kier molecular flexibility index (Phi) is 3.82. The lowest BCUT2D eigenvalue weighted by molar-refractivity contribution is 0.0911. The number of aromatic nitrogens is 3. The van der Waals surface area contributed by atoms with E-state index in [0.717, 1.165) is 4.57 Å². The van der Waals surface area contributed by atoms with Gasteiger partial charge in [-0.05, 0) is 29.5 Å². The lowest BCUT2D eigenvalue weighted by atomic mass is 9.73. The van der Waals surface area contributed by atoms with Gasteiger partial charge in [0.05, 0.1) is 11.1 Å². The highest BCUT2D eigenvalue weighted by molar-refractivity contribution is 6.10. The number of fused-ring (bicyclic) bond motifs is 2. The Morgan fingerprint density at radius 2 is 1.61 bits per heavy atom. The van der Waals surface area contributed by atoms with Crippen LogP contribution < -0.4 is 11.2 Å². The predicted octanol–water partition coefficient (Wildman–Crippen LogP) is 2.16. The van der Waals surface area contributed by atoms with E-state index in [2.05, 4.69) is 4.98 Å². The molecule has 0 saturated heterocycles. The first-order valence-corrected chi connectivity index (χ1v) is 9.06. The molecular weight excluding hydrogens is 358 g/mol. The van der Waals surface area contributed by atoms with Crippen LogP contribution in [0.15, 0.2) is 33.9 Å². The number of hydrogen-bond acceptors (Lipinski definition) is 5. The molecule has 1 N–H and O–H groups in total. The molecule has 1 aromatic carbocycles. The van der Waals surface area contributed by atoms with Crippen LogP contribution in [0.5, 0.6) is 5.75 Å². The van der Waals surface area contributed by atoms with Gasteiger partial charge in [-0.25, -0.2) is 9.78 Å². The Balaban J connectivity index is 2.26. The van der Waals surface area contributed by atoms with Gasteiger partial charge in [-0.1, -0.05) is 26.0 Å². The average Bonchev–Trinajstić information content (AvgIpc) is 2.63. The van der Waals surface area contributed by atoms with Crippen molar-refractivity contribution in [2.24, 2.45) is 19.5 Å². The second kappa shape index (κ2) is 5.89. The summed E-state index contributed by atoms with van der Waals surface area (Å²) in [5, 5.41) is 9.90. The smallest absolute Gasteiger partial charge is 0.332 e. The molecule has 7 heteroatoms. The Morgan fingerprint density at radius 3 is 2.25 bits per heavy atom. The normalized spacial score (nSPS) is 15.6. The molecule has 0 bridgehead atoms. The molecule has 0 atom stereocenters. The van der Waals surface area contributed by atoms with E-state index in [-0.39, 0.29) is 28.0 Å². The van der Waals surface area contributed by atoms with Crippen molar-refractivity contribution < 1.29 is 9.90 Å². The maximum absolute atomic E-state index is 13.1. The first-order valence-electron chi connectivity index (χ1n) is 9.06. The Bertz CT molecular complexity index is 1260. The van der Waals surface area contributed by atoms with Gasteiger partial charge < -0.3 is 5.11 Å². The van der Waals surface area contributed by atoms with Crippen molar-refractivity contribution in [2.45, 2.75) is 26.7 Å². The molecule has 0 spiro atoms. The lowest BCUT2D eigenvalue weighted by Crippen LogP contribution is -2.38. The minimum Gasteiger partial charge on any atom is -0.508 e. The number of phenolic OH excluding ortho intramolecular Hbond substituents is 1. The van der Waals surface area contributed by atoms with Crippen LogP contribution in [0.2, 0.25) is 0 Å². The number of ketones is 1. The number of phenols is 1. The summed E-state index contributed by atoms with van der Waals surface area (Å²) in [7, 11) is 2.98. The van der Waals surface area contributed by atoms with Gasteiger partial charge in [-0.2, -0.15) is 0 Å². The summed E-state index contributed by atoms with van der Waals surface area (Å²) in [4.78, 5) is 43.2. The number of carbonyl (C=O) groups is 1. The Labute approximate surface area is 160 Å². The molecule has 0 unspecified atom stereocenters. The molecule has 0 saturated carbocycles. The van der Waals surface area contributed by atoms with Crippen molar-refractivity contribution in [3.63, 3.8) is 0 Å². The molecule has 7 nitrogen and oxygen atoms in total. The van der Waals surface area contributed by atoms with Crippen molar-refractivity contribution in [3.05, 3.63) is 56.4 Å². The third kappa shape index (κ3) is 2.58. The van der Waals surface area contributed by atoms with Crippen molar-refractivity contribution in [1.82, 2.24) is 14.1 Å². The fourth-order valence-corrected chi connectivity index (χ4v) is 4.02. The summed E-state index contributed by atoms with van der Waals surface area (Å²) < 4.78 is 2.37. The molecule has 0 amide bonds. The molecule has 2 heterocycles. The van der Waals surface area contributed by atoms with Crippen LogP contribution in [-0.2, 0) is 20.5 Å². The zero-order valence-electron chi connectivity index (χ0n) is 16.2. The average molecular weight is 379 g/mol. The molecule has 4 rings (SSSR count). The molecule has 0 aliphatic heterocycles. The number of hydrogen-bond donors (Lipinski definition) is 1. The highest BCUT2D eigenvalue weighted by Crippen LogP contribution is 2.40. The van der Waals surface area contributed by atoms with Crippen LogP contribution in [0.3, 0.4) is 0 Å². The summed E-state index contributed by atoms with van der Waals surface area (Å²) in [6.45, 7) is 4.01. The first kappa shape index (κ1) is 18.2. The van der Waals surface area contributed by atoms with E-state index < -0.39 is 11.2 Å². The summed E-state index contributed by atoms with van der Waals surface area (Å²) in [6.07, 6.45) is 0.919. The number of Topliss-reactive ketones (excluding diaryl/α,β-unsaturated/α-hetero) is 1. The highest BCUT2D eigenvalue weighted by Gasteiger charge is 2.36. The van der Waals surface area contributed by atoms with Gasteiger partial charge in [-0.15, -0.1) is 0 Å². The standard InChI is InChI=1S/C21H21N3O4/c1-21(2)9-13-16(14(26)10-21)15(11-5-7-12(25)8-6-11)17-18(22-13)23(3)20(28)24(4)19(17)27/h5-8,25H,9-10H2,1-4H3. The molecule has 1 aliphatic carbocycles. The summed E-state index contributed by atoms with van der Waals surface area (Å²) >= 11 is 0. The van der Waals surface area contributed by atoms with Crippen molar-refractivity contribution in [1.29, 1.82) is 0 Å². The predicted molar refractivity (Wildman–Crippen MR) is 106 cm³/mol. The third-order valence-corrected chi connectivity index (χ3v) is 5.38. The van der Waals surface area contributed by atoms with Crippen molar-refractivity contribution >= 4 is 16.8 Å². The molecule has 0 fully saturated rings.